The lowest BCUT2D eigenvalue weighted by molar-refractivity contribution is 1.22. The van der Waals surface area contributed by atoms with E-state index >= 15 is 0 Å². The molecule has 3 heterocycles. The summed E-state index contributed by atoms with van der Waals surface area (Å²) in [5.74, 6) is 0.0147. The summed E-state index contributed by atoms with van der Waals surface area (Å²) in [4.78, 5) is 21.3. The number of fused-ring (bicyclic) bond motifs is 13. The molecule has 0 unspecified atom stereocenters. The molecule has 3 aromatic heterocycles. The van der Waals surface area contributed by atoms with E-state index in [0.717, 1.165) is 49.0 Å². The molecule has 0 aliphatic rings. The van der Waals surface area contributed by atoms with Crippen molar-refractivity contribution in [2.24, 2.45) is 0 Å². The molecule has 0 spiro atoms. The Hall–Kier alpha value is -5.07. The first-order chi connectivity index (χ1) is 16.3. The molecule has 6 heteroatoms. The van der Waals surface area contributed by atoms with Crippen molar-refractivity contribution in [3.05, 3.63) is 95.6 Å². The highest BCUT2D eigenvalue weighted by molar-refractivity contribution is 6.34. The molecule has 7 aromatic rings. The molecule has 0 bridgehead atoms. The SMILES string of the molecule is [C-]#[N+]c1nc2c3c4ccccc4c4ccccc4c3c3nc4ccccc4n3c2nc1[N+]#[C-]. The van der Waals surface area contributed by atoms with E-state index < -0.39 is 0 Å². The zero-order chi connectivity index (χ0) is 22.1. The van der Waals surface area contributed by atoms with Crippen molar-refractivity contribution >= 4 is 71.8 Å². The van der Waals surface area contributed by atoms with Gasteiger partial charge in [0.1, 0.15) is 5.65 Å². The molecule has 0 atom stereocenters. The minimum atomic E-state index is 0.000950. The zero-order valence-corrected chi connectivity index (χ0v) is 17.1. The first-order valence-electron chi connectivity index (χ1n) is 10.4. The van der Waals surface area contributed by atoms with Crippen LogP contribution in [0.25, 0.3) is 69.9 Å². The second-order valence-electron chi connectivity index (χ2n) is 7.87. The molecule has 6 nitrogen and oxygen atoms in total. The van der Waals surface area contributed by atoms with Gasteiger partial charge in [-0.2, -0.15) is 0 Å². The van der Waals surface area contributed by atoms with E-state index in [9.17, 15) is 0 Å². The maximum Gasteiger partial charge on any atom is 0.295 e. The van der Waals surface area contributed by atoms with Crippen LogP contribution < -0.4 is 0 Å². The number of pyridine rings is 1. The van der Waals surface area contributed by atoms with Crippen LogP contribution in [0.15, 0.2) is 72.8 Å². The van der Waals surface area contributed by atoms with Gasteiger partial charge in [-0.1, -0.05) is 73.8 Å². The van der Waals surface area contributed by atoms with Gasteiger partial charge in [0.2, 0.25) is 5.52 Å². The minimum Gasteiger partial charge on any atom is -0.370 e. The Morgan fingerprint density at radius 1 is 0.576 bits per heavy atom. The van der Waals surface area contributed by atoms with Gasteiger partial charge in [-0.25, -0.2) is 4.98 Å². The van der Waals surface area contributed by atoms with Crippen LogP contribution in [-0.2, 0) is 0 Å². The predicted molar refractivity (Wildman–Crippen MR) is 131 cm³/mol. The smallest absolute Gasteiger partial charge is 0.295 e. The molecule has 0 radical (unpaired) electrons. The first-order valence-corrected chi connectivity index (χ1v) is 10.4. The van der Waals surface area contributed by atoms with Crippen LogP contribution in [0.1, 0.15) is 0 Å². The summed E-state index contributed by atoms with van der Waals surface area (Å²) < 4.78 is 1.98. The second-order valence-corrected chi connectivity index (χ2v) is 7.87. The van der Waals surface area contributed by atoms with Crippen molar-refractivity contribution in [3.63, 3.8) is 0 Å². The largest absolute Gasteiger partial charge is 0.370 e. The van der Waals surface area contributed by atoms with E-state index in [1.807, 2.05) is 52.9 Å². The average Bonchev–Trinajstić information content (AvgIpc) is 3.27. The molecule has 0 aliphatic carbocycles. The maximum atomic E-state index is 7.59. The van der Waals surface area contributed by atoms with Crippen LogP contribution >= 0.6 is 0 Å². The molecule has 0 aliphatic heterocycles. The summed E-state index contributed by atoms with van der Waals surface area (Å²) in [7, 11) is 0. The minimum absolute atomic E-state index is 0.000950. The fourth-order valence-corrected chi connectivity index (χ4v) is 4.91. The number of para-hydroxylation sites is 2. The van der Waals surface area contributed by atoms with Crippen molar-refractivity contribution < 1.29 is 0 Å². The molecule has 0 saturated carbocycles. The van der Waals surface area contributed by atoms with Crippen LogP contribution in [0, 0.1) is 13.1 Å². The zero-order valence-electron chi connectivity index (χ0n) is 17.1. The molecule has 4 aromatic carbocycles. The Morgan fingerprint density at radius 3 is 1.85 bits per heavy atom. The number of hydrogen-bond donors (Lipinski definition) is 0. The number of benzene rings is 4. The molecule has 0 saturated heterocycles. The summed E-state index contributed by atoms with van der Waals surface area (Å²) in [6, 6.07) is 24.4. The lowest BCUT2D eigenvalue weighted by atomic mass is 9.94. The third kappa shape index (κ3) is 2.16. The highest BCUT2D eigenvalue weighted by Crippen LogP contribution is 2.42. The Bertz CT molecular complexity index is 2050. The van der Waals surface area contributed by atoms with Gasteiger partial charge < -0.3 is 9.69 Å². The molecule has 33 heavy (non-hydrogen) atoms. The van der Waals surface area contributed by atoms with Gasteiger partial charge in [0.25, 0.3) is 17.3 Å². The number of rotatable bonds is 0. The van der Waals surface area contributed by atoms with Crippen molar-refractivity contribution in [2.75, 3.05) is 0 Å². The van der Waals surface area contributed by atoms with Crippen LogP contribution in [0.5, 0.6) is 0 Å². The summed E-state index contributed by atoms with van der Waals surface area (Å²) in [6.07, 6.45) is 0. The Kier molecular flexibility index (Phi) is 3.32. The predicted octanol–water partition coefficient (Wildman–Crippen LogP) is 6.99. The molecule has 7 rings (SSSR count). The fraction of sp³-hybridized carbons (Fsp3) is 0. The second kappa shape index (κ2) is 6.23. The molecule has 0 fully saturated rings. The first kappa shape index (κ1) is 17.6. The van der Waals surface area contributed by atoms with Gasteiger partial charge in [-0.3, -0.25) is 4.40 Å². The van der Waals surface area contributed by atoms with E-state index in [0.29, 0.717) is 11.2 Å². The lowest BCUT2D eigenvalue weighted by Gasteiger charge is -2.12. The summed E-state index contributed by atoms with van der Waals surface area (Å²) in [5, 5.41) is 6.18. The van der Waals surface area contributed by atoms with Crippen molar-refractivity contribution in [1.29, 1.82) is 0 Å². The third-order valence-corrected chi connectivity index (χ3v) is 6.22. The number of nitrogens with zero attached hydrogens (tertiary/aromatic N) is 6. The van der Waals surface area contributed by atoms with Crippen LogP contribution in [0.4, 0.5) is 11.6 Å². The summed E-state index contributed by atoms with van der Waals surface area (Å²) >= 11 is 0. The average molecular weight is 420 g/mol. The van der Waals surface area contributed by atoms with Crippen molar-refractivity contribution in [2.45, 2.75) is 0 Å². The Morgan fingerprint density at radius 2 is 1.15 bits per heavy atom. The monoisotopic (exact) mass is 420 g/mol. The normalized spacial score (nSPS) is 11.6. The molecule has 150 valence electrons. The van der Waals surface area contributed by atoms with E-state index in [1.54, 1.807) is 0 Å². The number of imidazole rings is 1. The third-order valence-electron chi connectivity index (χ3n) is 6.22. The van der Waals surface area contributed by atoms with E-state index in [2.05, 4.69) is 38.9 Å². The van der Waals surface area contributed by atoms with Crippen LogP contribution in [-0.4, -0.2) is 19.4 Å². The maximum absolute atomic E-state index is 7.59. The van der Waals surface area contributed by atoms with Gasteiger partial charge in [-0.05, 0) is 33.7 Å². The standard InChI is InChI=1S/C27H12N6/c1-28-24-25(29-2)32-27-23(31-24)21-17-11-5-3-9-15(17)16-10-4-6-12-18(16)22(21)26-30-19-13-7-8-14-20(19)33(26)27/h3-14H. The number of aromatic nitrogens is 4. The van der Waals surface area contributed by atoms with Gasteiger partial charge in [0.15, 0.2) is 0 Å². The Balaban J connectivity index is 1.96. The van der Waals surface area contributed by atoms with Crippen molar-refractivity contribution in [3.8, 4) is 0 Å². The summed E-state index contributed by atoms with van der Waals surface area (Å²) in [5.41, 5.74) is 3.62. The number of hydrogen-bond acceptors (Lipinski definition) is 3. The van der Waals surface area contributed by atoms with Gasteiger partial charge in [0.05, 0.1) is 11.0 Å². The van der Waals surface area contributed by atoms with E-state index in [-0.39, 0.29) is 11.6 Å². The topological polar surface area (TPSA) is 51.8 Å². The van der Waals surface area contributed by atoms with Gasteiger partial charge in [0, 0.05) is 10.8 Å². The summed E-state index contributed by atoms with van der Waals surface area (Å²) in [6.45, 7) is 15.1. The van der Waals surface area contributed by atoms with E-state index in [1.165, 1.54) is 0 Å². The fourth-order valence-electron chi connectivity index (χ4n) is 4.91. The van der Waals surface area contributed by atoms with Crippen molar-refractivity contribution in [1.82, 2.24) is 19.4 Å². The highest BCUT2D eigenvalue weighted by Gasteiger charge is 2.25. The highest BCUT2D eigenvalue weighted by atomic mass is 15.1. The van der Waals surface area contributed by atoms with Gasteiger partial charge in [-0.15, -0.1) is 9.97 Å². The van der Waals surface area contributed by atoms with Crippen LogP contribution in [0.3, 0.4) is 0 Å². The molecular formula is C27H12N6. The molecule has 0 N–H and O–H groups in total. The Labute approximate surface area is 187 Å². The molecule has 0 amide bonds. The van der Waals surface area contributed by atoms with Crippen LogP contribution in [0.2, 0.25) is 0 Å². The van der Waals surface area contributed by atoms with Gasteiger partial charge >= 0.3 is 0 Å². The van der Waals surface area contributed by atoms with E-state index in [4.69, 9.17) is 23.1 Å². The molecular weight excluding hydrogens is 408 g/mol. The lowest BCUT2D eigenvalue weighted by Crippen LogP contribution is -1.98. The quantitative estimate of drug-likeness (QED) is 0.196.